The summed E-state index contributed by atoms with van der Waals surface area (Å²) in [5, 5.41) is 19.2. The highest BCUT2D eigenvalue weighted by molar-refractivity contribution is 5.86. The van der Waals surface area contributed by atoms with E-state index in [1.165, 1.54) is 0 Å². The van der Waals surface area contributed by atoms with Crippen LogP contribution >= 0.6 is 0 Å². The van der Waals surface area contributed by atoms with Crippen LogP contribution in [0.25, 0.3) is 22.2 Å². The highest BCUT2D eigenvalue weighted by Gasteiger charge is 2.21. The maximum atomic E-state index is 12.7. The third-order valence-electron chi connectivity index (χ3n) is 6.01. The van der Waals surface area contributed by atoms with Gasteiger partial charge < -0.3 is 20.4 Å². The minimum absolute atomic E-state index is 0.0295. The second-order valence-corrected chi connectivity index (χ2v) is 8.65. The maximum Gasteiger partial charge on any atom is 0.315 e. The minimum atomic E-state index is -0.442. The summed E-state index contributed by atoms with van der Waals surface area (Å²) in [6.45, 7) is 0.414. The van der Waals surface area contributed by atoms with Crippen LogP contribution in [0.5, 0.6) is 0 Å². The third kappa shape index (κ3) is 6.91. The van der Waals surface area contributed by atoms with Crippen LogP contribution in [0.4, 0.5) is 4.79 Å². The molecule has 1 aromatic heterocycles. The molecule has 8 nitrogen and oxygen atoms in total. The summed E-state index contributed by atoms with van der Waals surface area (Å²) in [5.74, 6) is 0.799. The van der Waals surface area contributed by atoms with E-state index in [9.17, 15) is 9.59 Å². The number of rotatable bonds is 11. The first-order chi connectivity index (χ1) is 17.6. The number of benzene rings is 3. The van der Waals surface area contributed by atoms with Gasteiger partial charge >= 0.3 is 6.03 Å². The van der Waals surface area contributed by atoms with Gasteiger partial charge in [0.2, 0.25) is 17.7 Å². The van der Waals surface area contributed by atoms with Gasteiger partial charge in [0.1, 0.15) is 6.04 Å². The van der Waals surface area contributed by atoms with Crippen molar-refractivity contribution < 1.29 is 14.0 Å². The van der Waals surface area contributed by atoms with Crippen molar-refractivity contribution in [1.29, 1.82) is 0 Å². The van der Waals surface area contributed by atoms with Gasteiger partial charge in [-0.05, 0) is 41.3 Å². The molecule has 0 aliphatic heterocycles. The number of unbranched alkanes of at least 4 members (excludes halogenated alkanes) is 2. The molecule has 0 aliphatic rings. The van der Waals surface area contributed by atoms with Gasteiger partial charge in [0.05, 0.1) is 0 Å². The van der Waals surface area contributed by atoms with Crippen LogP contribution in [-0.2, 0) is 11.3 Å². The largest absolute Gasteiger partial charge is 0.418 e. The van der Waals surface area contributed by atoms with E-state index < -0.39 is 6.04 Å². The van der Waals surface area contributed by atoms with Crippen molar-refractivity contribution in [2.45, 2.75) is 44.7 Å². The Balaban J connectivity index is 1.43. The molecule has 3 N–H and O–H groups in total. The normalized spacial score (nSPS) is 11.7. The Labute approximate surface area is 210 Å². The zero-order valence-corrected chi connectivity index (χ0v) is 20.4. The molecule has 186 valence electrons. The van der Waals surface area contributed by atoms with E-state index in [0.717, 1.165) is 41.2 Å². The quantitative estimate of drug-likeness (QED) is 0.255. The summed E-state index contributed by atoms with van der Waals surface area (Å²) >= 11 is 0. The molecule has 0 aliphatic carbocycles. The van der Waals surface area contributed by atoms with Gasteiger partial charge in [0, 0.05) is 25.6 Å². The summed E-state index contributed by atoms with van der Waals surface area (Å²) in [7, 11) is 1.64. The van der Waals surface area contributed by atoms with E-state index in [1.54, 1.807) is 7.05 Å². The first kappa shape index (κ1) is 24.9. The highest BCUT2D eigenvalue weighted by Crippen LogP contribution is 2.26. The van der Waals surface area contributed by atoms with Crippen molar-refractivity contribution in [3.63, 3.8) is 0 Å². The number of hydrogen-bond donors (Lipinski definition) is 3. The van der Waals surface area contributed by atoms with Gasteiger partial charge in [-0.2, -0.15) is 0 Å². The van der Waals surface area contributed by atoms with E-state index in [1.807, 2.05) is 66.7 Å². The molecule has 4 aromatic rings. The molecule has 4 rings (SSSR count). The monoisotopic (exact) mass is 485 g/mol. The van der Waals surface area contributed by atoms with Crippen molar-refractivity contribution in [3.8, 4) is 11.5 Å². The van der Waals surface area contributed by atoms with Crippen LogP contribution in [0.2, 0.25) is 0 Å². The van der Waals surface area contributed by atoms with Crippen LogP contribution in [-0.4, -0.2) is 29.2 Å². The van der Waals surface area contributed by atoms with Gasteiger partial charge in [-0.1, -0.05) is 73.5 Å². The Morgan fingerprint density at radius 2 is 1.67 bits per heavy atom. The number of nitrogens with zero attached hydrogens (tertiary/aromatic N) is 2. The second kappa shape index (κ2) is 12.5. The Hall–Kier alpha value is -4.20. The molecule has 0 spiro atoms. The fraction of sp³-hybridized carbons (Fsp3) is 0.286. The lowest BCUT2D eigenvalue weighted by Crippen LogP contribution is -2.37. The SMILES string of the molecule is CNC(=O)CCCCC[C@H](NC(=O)NCc1ccccc1)c1nnc(-c2ccc3ccccc3c2)o1. The van der Waals surface area contributed by atoms with Gasteiger partial charge in [-0.25, -0.2) is 4.79 Å². The van der Waals surface area contributed by atoms with E-state index >= 15 is 0 Å². The second-order valence-electron chi connectivity index (χ2n) is 8.65. The van der Waals surface area contributed by atoms with Gasteiger partial charge in [-0.3, -0.25) is 4.79 Å². The van der Waals surface area contributed by atoms with Crippen molar-refractivity contribution in [1.82, 2.24) is 26.1 Å². The molecule has 0 fully saturated rings. The summed E-state index contributed by atoms with van der Waals surface area (Å²) in [6, 6.07) is 23.0. The Morgan fingerprint density at radius 3 is 2.47 bits per heavy atom. The fourth-order valence-corrected chi connectivity index (χ4v) is 4.00. The zero-order chi connectivity index (χ0) is 25.2. The minimum Gasteiger partial charge on any atom is -0.418 e. The number of carbonyl (C=O) groups excluding carboxylic acids is 2. The summed E-state index contributed by atoms with van der Waals surface area (Å²) in [6.07, 6.45) is 3.53. The smallest absolute Gasteiger partial charge is 0.315 e. The maximum absolute atomic E-state index is 12.7. The van der Waals surface area contributed by atoms with Crippen LogP contribution in [0, 0.1) is 0 Å². The fourth-order valence-electron chi connectivity index (χ4n) is 4.00. The first-order valence-corrected chi connectivity index (χ1v) is 12.2. The predicted molar refractivity (Wildman–Crippen MR) is 139 cm³/mol. The molecule has 0 saturated heterocycles. The number of carbonyl (C=O) groups is 2. The molecule has 0 unspecified atom stereocenters. The van der Waals surface area contributed by atoms with Crippen molar-refractivity contribution in [2.24, 2.45) is 0 Å². The average Bonchev–Trinajstić information content (AvgIpc) is 3.41. The standard InChI is InChI=1S/C28H31N5O3/c1-29-25(34)15-7-3-6-14-24(31-28(35)30-19-20-10-4-2-5-11-20)27-33-32-26(36-27)23-17-16-21-12-8-9-13-22(21)18-23/h2,4-5,8-13,16-18,24H,3,6-7,14-15,19H2,1H3,(H,29,34)(H2,30,31,35)/t24-/m0/s1. The van der Waals surface area contributed by atoms with Gasteiger partial charge in [0.15, 0.2) is 0 Å². The molecule has 1 heterocycles. The van der Waals surface area contributed by atoms with Crippen molar-refractivity contribution in [2.75, 3.05) is 7.05 Å². The molecule has 3 amide bonds. The molecular weight excluding hydrogens is 454 g/mol. The predicted octanol–water partition coefficient (Wildman–Crippen LogP) is 5.13. The van der Waals surface area contributed by atoms with Crippen LogP contribution in [0.15, 0.2) is 77.2 Å². The van der Waals surface area contributed by atoms with Crippen molar-refractivity contribution in [3.05, 3.63) is 84.3 Å². The van der Waals surface area contributed by atoms with E-state index in [0.29, 0.717) is 31.2 Å². The highest BCUT2D eigenvalue weighted by atomic mass is 16.4. The summed E-state index contributed by atoms with van der Waals surface area (Å²) in [5.41, 5.74) is 1.83. The third-order valence-corrected chi connectivity index (χ3v) is 6.01. The lowest BCUT2D eigenvalue weighted by molar-refractivity contribution is -0.120. The average molecular weight is 486 g/mol. The van der Waals surface area contributed by atoms with Gasteiger partial charge in [0.25, 0.3) is 0 Å². The Morgan fingerprint density at radius 1 is 0.889 bits per heavy atom. The Bertz CT molecular complexity index is 1290. The molecule has 0 bridgehead atoms. The van der Waals surface area contributed by atoms with Gasteiger partial charge in [-0.15, -0.1) is 10.2 Å². The molecule has 0 saturated carbocycles. The molecule has 8 heteroatoms. The van der Waals surface area contributed by atoms with E-state index in [4.69, 9.17) is 4.42 Å². The van der Waals surface area contributed by atoms with Crippen LogP contribution < -0.4 is 16.0 Å². The lowest BCUT2D eigenvalue weighted by atomic mass is 10.1. The van der Waals surface area contributed by atoms with Crippen LogP contribution in [0.3, 0.4) is 0 Å². The number of urea groups is 1. The molecule has 36 heavy (non-hydrogen) atoms. The number of nitrogens with one attached hydrogen (secondary N) is 3. The lowest BCUT2D eigenvalue weighted by Gasteiger charge is -2.16. The number of amides is 3. The Kier molecular flexibility index (Phi) is 8.64. The number of aromatic nitrogens is 2. The number of hydrogen-bond acceptors (Lipinski definition) is 5. The molecule has 1 atom stereocenters. The topological polar surface area (TPSA) is 109 Å². The summed E-state index contributed by atoms with van der Waals surface area (Å²) in [4.78, 5) is 24.1. The number of fused-ring (bicyclic) bond motifs is 1. The zero-order valence-electron chi connectivity index (χ0n) is 20.4. The van der Waals surface area contributed by atoms with Crippen molar-refractivity contribution >= 4 is 22.7 Å². The molecular formula is C28H31N5O3. The van der Waals surface area contributed by atoms with E-state index in [-0.39, 0.29) is 11.9 Å². The van der Waals surface area contributed by atoms with Crippen LogP contribution in [0.1, 0.15) is 49.6 Å². The molecule has 0 radical (unpaired) electrons. The summed E-state index contributed by atoms with van der Waals surface area (Å²) < 4.78 is 6.03. The molecule has 3 aromatic carbocycles. The van der Waals surface area contributed by atoms with E-state index in [2.05, 4.69) is 32.2 Å². The first-order valence-electron chi connectivity index (χ1n) is 12.2.